The van der Waals surface area contributed by atoms with Gasteiger partial charge < -0.3 is 9.47 Å². The lowest BCUT2D eigenvalue weighted by atomic mass is 10.3. The van der Waals surface area contributed by atoms with Crippen molar-refractivity contribution >= 4 is 44.6 Å². The minimum atomic E-state index is 0.0690. The third kappa shape index (κ3) is 3.06. The monoisotopic (exact) mass is 344 g/mol. The van der Waals surface area contributed by atoms with Crippen LogP contribution in [0.25, 0.3) is 11.2 Å². The average molecular weight is 346 g/mol. The van der Waals surface area contributed by atoms with Crippen molar-refractivity contribution in [2.45, 2.75) is 18.8 Å². The lowest BCUT2D eigenvalue weighted by molar-refractivity contribution is -0.128. The Morgan fingerprint density at radius 2 is 2.26 bits per heavy atom. The molecule has 0 aromatic carbocycles. The number of pyridine rings is 1. The van der Waals surface area contributed by atoms with Gasteiger partial charge in [0.05, 0.1) is 5.88 Å². The number of hydrogen-bond donors (Lipinski definition) is 0. The van der Waals surface area contributed by atoms with E-state index in [1.54, 1.807) is 25.2 Å². The molecule has 0 spiro atoms. The molecule has 0 aliphatic carbocycles. The van der Waals surface area contributed by atoms with Gasteiger partial charge in [-0.3, -0.25) is 4.79 Å². The molecule has 0 atom stereocenters. The summed E-state index contributed by atoms with van der Waals surface area (Å²) in [5, 5.41) is 0. The topological polar surface area (TPSA) is 51.0 Å². The van der Waals surface area contributed by atoms with E-state index in [-0.39, 0.29) is 5.91 Å². The number of nitrogens with zero attached hydrogens (tertiary/aromatic N) is 4. The first-order chi connectivity index (χ1) is 9.02. The summed E-state index contributed by atoms with van der Waals surface area (Å²) in [6.45, 7) is 0.532. The molecule has 2 aromatic heterocycles. The molecule has 0 N–H and O–H groups in total. The number of hydrogen-bond acceptors (Lipinski definition) is 3. The van der Waals surface area contributed by atoms with Crippen molar-refractivity contribution in [2.75, 3.05) is 14.1 Å². The van der Waals surface area contributed by atoms with Gasteiger partial charge in [0, 0.05) is 37.7 Å². The van der Waals surface area contributed by atoms with Crippen LogP contribution >= 0.6 is 27.5 Å². The summed E-state index contributed by atoms with van der Waals surface area (Å²) in [5.41, 5.74) is 1.53. The van der Waals surface area contributed by atoms with E-state index in [2.05, 4.69) is 25.9 Å². The highest BCUT2D eigenvalue weighted by molar-refractivity contribution is 9.10. The van der Waals surface area contributed by atoms with Crippen molar-refractivity contribution in [3.05, 3.63) is 22.6 Å². The number of aryl methyl sites for hydroxylation is 1. The summed E-state index contributed by atoms with van der Waals surface area (Å²) >= 11 is 9.27. The lowest BCUT2D eigenvalue weighted by Gasteiger charge is -2.11. The summed E-state index contributed by atoms with van der Waals surface area (Å²) in [6, 6.07) is 1.89. The molecule has 5 nitrogen and oxygen atoms in total. The smallest absolute Gasteiger partial charge is 0.223 e. The molecular formula is C12H14BrClN4O. The number of imidazole rings is 1. The Morgan fingerprint density at radius 3 is 2.89 bits per heavy atom. The summed E-state index contributed by atoms with van der Waals surface area (Å²) in [6.07, 6.45) is 2.12. The second-order valence-corrected chi connectivity index (χ2v) is 5.53. The van der Waals surface area contributed by atoms with Gasteiger partial charge in [-0.05, 0) is 22.0 Å². The van der Waals surface area contributed by atoms with Crippen molar-refractivity contribution in [3.63, 3.8) is 0 Å². The maximum Gasteiger partial charge on any atom is 0.223 e. The number of carbonyl (C=O) groups is 1. The van der Waals surface area contributed by atoms with E-state index >= 15 is 0 Å². The molecule has 0 fully saturated rings. The number of amides is 1. The predicted molar refractivity (Wildman–Crippen MR) is 78.1 cm³/mol. The van der Waals surface area contributed by atoms with Gasteiger partial charge in [-0.25, -0.2) is 9.97 Å². The van der Waals surface area contributed by atoms with Crippen LogP contribution in [0.2, 0.25) is 0 Å². The van der Waals surface area contributed by atoms with E-state index in [1.807, 2.05) is 10.6 Å². The molecule has 0 unspecified atom stereocenters. The highest BCUT2D eigenvalue weighted by Crippen LogP contribution is 2.19. The quantitative estimate of drug-likeness (QED) is 0.800. The van der Waals surface area contributed by atoms with E-state index in [9.17, 15) is 4.79 Å². The number of aromatic nitrogens is 3. The van der Waals surface area contributed by atoms with Crippen LogP contribution in [0, 0.1) is 0 Å². The Hall–Kier alpha value is -1.14. The van der Waals surface area contributed by atoms with Gasteiger partial charge in [0.2, 0.25) is 5.91 Å². The maximum atomic E-state index is 11.7. The van der Waals surface area contributed by atoms with Crippen LogP contribution < -0.4 is 0 Å². The fourth-order valence-corrected chi connectivity index (χ4v) is 2.32. The minimum Gasteiger partial charge on any atom is -0.349 e. The highest BCUT2D eigenvalue weighted by Gasteiger charge is 2.13. The van der Waals surface area contributed by atoms with Crippen LogP contribution in [-0.4, -0.2) is 39.4 Å². The van der Waals surface area contributed by atoms with Crippen molar-refractivity contribution in [1.82, 2.24) is 19.4 Å². The average Bonchev–Trinajstić information content (AvgIpc) is 2.72. The van der Waals surface area contributed by atoms with Gasteiger partial charge in [-0.2, -0.15) is 0 Å². The number of alkyl halides is 1. The SMILES string of the molecule is CN(C)C(=O)CCn1c(CCl)nc2cc(Br)cnc21. The normalized spacial score (nSPS) is 10.9. The highest BCUT2D eigenvalue weighted by atomic mass is 79.9. The van der Waals surface area contributed by atoms with E-state index < -0.39 is 0 Å². The predicted octanol–water partition coefficient (Wildman–Crippen LogP) is 2.41. The lowest BCUT2D eigenvalue weighted by Crippen LogP contribution is -2.23. The fourth-order valence-electron chi connectivity index (χ4n) is 1.80. The Bertz CT molecular complexity index is 611. The standard InChI is InChI=1S/C12H14BrClN4O/c1-17(2)11(19)3-4-18-10(6-14)16-9-5-8(13)7-15-12(9)18/h5,7H,3-4,6H2,1-2H3. The Labute approximate surface area is 124 Å². The molecule has 0 saturated heterocycles. The Morgan fingerprint density at radius 1 is 1.53 bits per heavy atom. The zero-order valence-electron chi connectivity index (χ0n) is 10.7. The largest absolute Gasteiger partial charge is 0.349 e. The summed E-state index contributed by atoms with van der Waals surface area (Å²) in [7, 11) is 3.48. The van der Waals surface area contributed by atoms with Crippen LogP contribution in [0.4, 0.5) is 0 Å². The molecule has 2 heterocycles. The third-order valence-corrected chi connectivity index (χ3v) is 3.47. The minimum absolute atomic E-state index is 0.0690. The maximum absolute atomic E-state index is 11.7. The zero-order valence-corrected chi connectivity index (χ0v) is 13.1. The van der Waals surface area contributed by atoms with Crippen LogP contribution in [-0.2, 0) is 17.2 Å². The molecule has 1 amide bonds. The zero-order chi connectivity index (χ0) is 14.0. The van der Waals surface area contributed by atoms with Crippen molar-refractivity contribution in [2.24, 2.45) is 0 Å². The summed E-state index contributed by atoms with van der Waals surface area (Å²) in [4.78, 5) is 22.0. The molecular weight excluding hydrogens is 332 g/mol. The van der Waals surface area contributed by atoms with Crippen molar-refractivity contribution < 1.29 is 4.79 Å². The molecule has 7 heteroatoms. The first kappa shape index (κ1) is 14.3. The van der Waals surface area contributed by atoms with E-state index in [0.29, 0.717) is 18.8 Å². The molecule has 0 aliphatic heterocycles. The van der Waals surface area contributed by atoms with Gasteiger partial charge in [0.15, 0.2) is 5.65 Å². The first-order valence-electron chi connectivity index (χ1n) is 5.79. The number of rotatable bonds is 4. The van der Waals surface area contributed by atoms with Gasteiger partial charge in [0.1, 0.15) is 11.3 Å². The Balaban J connectivity index is 2.33. The van der Waals surface area contributed by atoms with Crippen LogP contribution in [0.5, 0.6) is 0 Å². The molecule has 19 heavy (non-hydrogen) atoms. The molecule has 2 rings (SSSR count). The van der Waals surface area contributed by atoms with E-state index in [1.165, 1.54) is 0 Å². The van der Waals surface area contributed by atoms with Gasteiger partial charge in [-0.1, -0.05) is 0 Å². The Kier molecular flexibility index (Phi) is 4.42. The van der Waals surface area contributed by atoms with Crippen molar-refractivity contribution in [3.8, 4) is 0 Å². The number of halogens is 2. The first-order valence-corrected chi connectivity index (χ1v) is 7.12. The number of fused-ring (bicyclic) bond motifs is 1. The summed E-state index contributed by atoms with van der Waals surface area (Å²) in [5.74, 6) is 1.10. The van der Waals surface area contributed by atoms with Crippen LogP contribution in [0.15, 0.2) is 16.7 Å². The second kappa shape index (κ2) is 5.88. The van der Waals surface area contributed by atoms with Crippen LogP contribution in [0.3, 0.4) is 0 Å². The van der Waals surface area contributed by atoms with Gasteiger partial charge in [0.25, 0.3) is 0 Å². The fraction of sp³-hybridized carbons (Fsp3) is 0.417. The third-order valence-electron chi connectivity index (χ3n) is 2.80. The van der Waals surface area contributed by atoms with E-state index in [0.717, 1.165) is 21.5 Å². The molecule has 102 valence electrons. The number of carbonyl (C=O) groups excluding carboxylic acids is 1. The molecule has 0 saturated carbocycles. The van der Waals surface area contributed by atoms with Gasteiger partial charge in [-0.15, -0.1) is 11.6 Å². The van der Waals surface area contributed by atoms with Gasteiger partial charge >= 0.3 is 0 Å². The molecule has 0 aliphatic rings. The summed E-state index contributed by atoms with van der Waals surface area (Å²) < 4.78 is 2.77. The van der Waals surface area contributed by atoms with Crippen LogP contribution in [0.1, 0.15) is 12.2 Å². The molecule has 2 aromatic rings. The van der Waals surface area contributed by atoms with Crippen molar-refractivity contribution in [1.29, 1.82) is 0 Å². The molecule has 0 radical (unpaired) electrons. The second-order valence-electron chi connectivity index (χ2n) is 4.35. The van der Waals surface area contributed by atoms with E-state index in [4.69, 9.17) is 11.6 Å². The molecule has 0 bridgehead atoms.